The van der Waals surface area contributed by atoms with Gasteiger partial charge in [-0.2, -0.15) is 0 Å². The second-order valence-electron chi connectivity index (χ2n) is 6.73. The number of hydrogen-bond donors (Lipinski definition) is 2. The van der Waals surface area contributed by atoms with Crippen molar-refractivity contribution in [2.75, 3.05) is 0 Å². The number of ether oxygens (including phenoxy) is 1. The molecule has 0 spiro atoms. The number of benzene rings is 2. The maximum atomic E-state index is 13.3. The molecule has 0 aliphatic heterocycles. The van der Waals surface area contributed by atoms with Gasteiger partial charge in [-0.15, -0.1) is 0 Å². The van der Waals surface area contributed by atoms with Crippen molar-refractivity contribution in [1.29, 1.82) is 0 Å². The highest BCUT2D eigenvalue weighted by atomic mass is 19.1. The number of halogens is 1. The average Bonchev–Trinajstić information content (AvgIpc) is 3.14. The van der Waals surface area contributed by atoms with Crippen molar-refractivity contribution in [3.05, 3.63) is 65.5 Å². The largest absolute Gasteiger partial charge is 0.490 e. The highest BCUT2D eigenvalue weighted by Gasteiger charge is 2.20. The Kier molecular flexibility index (Phi) is 6.06. The standard InChI is InChI=1S/C21H22FNO4/c22-16-5-3-4-15(12-16)21(26)23-19(13-20(24)25)14-8-10-18(11-9-14)27-17-6-1-2-7-17/h3-5,8-12,17,19H,1-2,6-7,13H2,(H,23,26)(H,24,25)/t19-/m0/s1. The van der Waals surface area contributed by atoms with Crippen molar-refractivity contribution in [3.63, 3.8) is 0 Å². The zero-order chi connectivity index (χ0) is 19.2. The van der Waals surface area contributed by atoms with E-state index >= 15 is 0 Å². The molecule has 2 N–H and O–H groups in total. The van der Waals surface area contributed by atoms with E-state index in [1.54, 1.807) is 24.3 Å². The Morgan fingerprint density at radius 1 is 1.15 bits per heavy atom. The molecule has 1 atom stereocenters. The van der Waals surface area contributed by atoms with Crippen LogP contribution in [0, 0.1) is 5.82 Å². The Labute approximate surface area is 157 Å². The van der Waals surface area contributed by atoms with Crippen LogP contribution >= 0.6 is 0 Å². The molecule has 1 amide bonds. The third kappa shape index (κ3) is 5.29. The predicted molar refractivity (Wildman–Crippen MR) is 98.2 cm³/mol. The molecule has 0 saturated heterocycles. The molecule has 142 valence electrons. The van der Waals surface area contributed by atoms with Crippen LogP contribution < -0.4 is 10.1 Å². The molecule has 0 unspecified atom stereocenters. The fourth-order valence-electron chi connectivity index (χ4n) is 3.28. The third-order valence-electron chi connectivity index (χ3n) is 4.66. The quantitative estimate of drug-likeness (QED) is 0.769. The number of hydrogen-bond acceptors (Lipinski definition) is 3. The maximum absolute atomic E-state index is 13.3. The van der Waals surface area contributed by atoms with Gasteiger partial charge in [-0.1, -0.05) is 18.2 Å². The first-order valence-electron chi connectivity index (χ1n) is 9.06. The van der Waals surface area contributed by atoms with Crippen molar-refractivity contribution in [2.45, 2.75) is 44.2 Å². The van der Waals surface area contributed by atoms with Gasteiger partial charge in [0, 0.05) is 5.56 Å². The second kappa shape index (κ2) is 8.66. The molecule has 2 aromatic rings. The predicted octanol–water partition coefficient (Wildman–Crippen LogP) is 4.09. The van der Waals surface area contributed by atoms with Crippen LogP contribution in [0.15, 0.2) is 48.5 Å². The summed E-state index contributed by atoms with van der Waals surface area (Å²) in [6, 6.07) is 11.6. The van der Waals surface area contributed by atoms with Crippen LogP contribution in [0.5, 0.6) is 5.75 Å². The number of carbonyl (C=O) groups is 2. The highest BCUT2D eigenvalue weighted by molar-refractivity contribution is 5.94. The molecule has 1 aliphatic rings. The SMILES string of the molecule is O=C(O)C[C@H](NC(=O)c1cccc(F)c1)c1ccc(OC2CCCC2)cc1. The van der Waals surface area contributed by atoms with Crippen LogP contribution in [0.3, 0.4) is 0 Å². The lowest BCUT2D eigenvalue weighted by molar-refractivity contribution is -0.137. The van der Waals surface area contributed by atoms with Gasteiger partial charge in [0.2, 0.25) is 0 Å². The molecule has 0 bridgehead atoms. The minimum absolute atomic E-state index is 0.145. The van der Waals surface area contributed by atoms with Gasteiger partial charge in [0.25, 0.3) is 5.91 Å². The van der Waals surface area contributed by atoms with Crippen molar-refractivity contribution >= 4 is 11.9 Å². The zero-order valence-electron chi connectivity index (χ0n) is 14.9. The average molecular weight is 371 g/mol. The van der Waals surface area contributed by atoms with Crippen molar-refractivity contribution in [2.24, 2.45) is 0 Å². The lowest BCUT2D eigenvalue weighted by atomic mass is 10.0. The van der Waals surface area contributed by atoms with Gasteiger partial charge >= 0.3 is 5.97 Å². The summed E-state index contributed by atoms with van der Waals surface area (Å²) < 4.78 is 19.2. The number of rotatable bonds is 7. The Balaban J connectivity index is 1.71. The summed E-state index contributed by atoms with van der Waals surface area (Å²) in [7, 11) is 0. The van der Waals surface area contributed by atoms with Crippen LogP contribution in [0.2, 0.25) is 0 Å². The molecule has 2 aromatic carbocycles. The van der Waals surface area contributed by atoms with Gasteiger partial charge in [0.1, 0.15) is 11.6 Å². The normalized spacial score (nSPS) is 15.3. The molecule has 1 saturated carbocycles. The summed E-state index contributed by atoms with van der Waals surface area (Å²) in [6.07, 6.45) is 4.41. The minimum atomic E-state index is -1.04. The zero-order valence-corrected chi connectivity index (χ0v) is 14.9. The molecule has 3 rings (SSSR count). The van der Waals surface area contributed by atoms with Crippen molar-refractivity contribution in [1.82, 2.24) is 5.32 Å². The Hall–Kier alpha value is -2.89. The van der Waals surface area contributed by atoms with Gasteiger partial charge in [-0.05, 0) is 61.6 Å². The smallest absolute Gasteiger partial charge is 0.305 e. The Morgan fingerprint density at radius 2 is 1.85 bits per heavy atom. The number of aliphatic carboxylic acids is 1. The van der Waals surface area contributed by atoms with Crippen molar-refractivity contribution in [3.8, 4) is 5.75 Å². The third-order valence-corrected chi connectivity index (χ3v) is 4.66. The molecule has 0 heterocycles. The van der Waals surface area contributed by atoms with Crippen LogP contribution in [0.1, 0.15) is 54.1 Å². The van der Waals surface area contributed by atoms with E-state index in [9.17, 15) is 19.1 Å². The van der Waals surface area contributed by atoms with Gasteiger partial charge < -0.3 is 15.2 Å². The summed E-state index contributed by atoms with van der Waals surface area (Å²) >= 11 is 0. The minimum Gasteiger partial charge on any atom is -0.490 e. The molecular weight excluding hydrogens is 349 g/mol. The Bertz CT molecular complexity index is 800. The van der Waals surface area contributed by atoms with Crippen LogP contribution in [0.4, 0.5) is 4.39 Å². The van der Waals surface area contributed by atoms with Crippen LogP contribution in [-0.4, -0.2) is 23.1 Å². The summed E-state index contributed by atoms with van der Waals surface area (Å²) in [5, 5.41) is 11.9. The van der Waals surface area contributed by atoms with E-state index in [1.165, 1.54) is 31.0 Å². The molecule has 0 aromatic heterocycles. The van der Waals surface area contributed by atoms with Gasteiger partial charge in [0.05, 0.1) is 18.6 Å². The molecule has 27 heavy (non-hydrogen) atoms. The highest BCUT2D eigenvalue weighted by Crippen LogP contribution is 2.26. The molecule has 1 aliphatic carbocycles. The van der Waals surface area contributed by atoms with E-state index in [2.05, 4.69) is 5.32 Å². The molecule has 0 radical (unpaired) electrons. The van der Waals surface area contributed by atoms with Crippen LogP contribution in [0.25, 0.3) is 0 Å². The summed E-state index contributed by atoms with van der Waals surface area (Å²) in [4.78, 5) is 23.6. The monoisotopic (exact) mass is 371 g/mol. The first-order chi connectivity index (χ1) is 13.0. The molecular formula is C21H22FNO4. The first kappa shape index (κ1) is 18.9. The lowest BCUT2D eigenvalue weighted by Gasteiger charge is -2.19. The van der Waals surface area contributed by atoms with E-state index < -0.39 is 23.7 Å². The van der Waals surface area contributed by atoms with E-state index in [-0.39, 0.29) is 18.1 Å². The van der Waals surface area contributed by atoms with Gasteiger partial charge in [-0.3, -0.25) is 9.59 Å². The number of carbonyl (C=O) groups excluding carboxylic acids is 1. The van der Waals surface area contributed by atoms with E-state index in [0.29, 0.717) is 5.56 Å². The molecule has 5 nitrogen and oxygen atoms in total. The van der Waals surface area contributed by atoms with E-state index in [1.807, 2.05) is 0 Å². The van der Waals surface area contributed by atoms with Gasteiger partial charge in [-0.25, -0.2) is 4.39 Å². The van der Waals surface area contributed by atoms with Crippen LogP contribution in [-0.2, 0) is 4.79 Å². The maximum Gasteiger partial charge on any atom is 0.305 e. The number of carboxylic acid groups (broad SMARTS) is 1. The fourth-order valence-corrected chi connectivity index (χ4v) is 3.28. The van der Waals surface area contributed by atoms with E-state index in [4.69, 9.17) is 4.74 Å². The number of carboxylic acids is 1. The number of nitrogens with one attached hydrogen (secondary N) is 1. The summed E-state index contributed by atoms with van der Waals surface area (Å²) in [6.45, 7) is 0. The summed E-state index contributed by atoms with van der Waals surface area (Å²) in [5.41, 5.74) is 0.799. The first-order valence-corrected chi connectivity index (χ1v) is 9.06. The van der Waals surface area contributed by atoms with E-state index in [0.717, 1.165) is 24.7 Å². The molecule has 1 fully saturated rings. The lowest BCUT2D eigenvalue weighted by Crippen LogP contribution is -2.30. The topological polar surface area (TPSA) is 75.6 Å². The molecule has 6 heteroatoms. The Morgan fingerprint density at radius 3 is 2.48 bits per heavy atom. The van der Waals surface area contributed by atoms with Crippen molar-refractivity contribution < 1.29 is 23.8 Å². The second-order valence-corrected chi connectivity index (χ2v) is 6.73. The fraction of sp³-hybridized carbons (Fsp3) is 0.333. The van der Waals surface area contributed by atoms with Gasteiger partial charge in [0.15, 0.2) is 0 Å². The summed E-state index contributed by atoms with van der Waals surface area (Å²) in [5.74, 6) is -1.35. The number of amides is 1.